The van der Waals surface area contributed by atoms with Crippen LogP contribution in [0.15, 0.2) is 59.8 Å². The van der Waals surface area contributed by atoms with Gasteiger partial charge < -0.3 is 24.7 Å². The molecule has 1 aromatic heterocycles. The second-order valence-corrected chi connectivity index (χ2v) is 6.64. The van der Waals surface area contributed by atoms with Crippen molar-refractivity contribution < 1.29 is 29.3 Å². The number of fused-ring (bicyclic) bond motifs is 1. The van der Waals surface area contributed by atoms with Crippen LogP contribution in [0.25, 0.3) is 11.0 Å². The summed E-state index contributed by atoms with van der Waals surface area (Å²) < 4.78 is 9.52. The van der Waals surface area contributed by atoms with Crippen molar-refractivity contribution in [3.05, 3.63) is 60.2 Å². The number of aromatic amines is 1. The minimum absolute atomic E-state index is 0.436. The maximum absolute atomic E-state index is 11.1. The summed E-state index contributed by atoms with van der Waals surface area (Å²) in [5.74, 6) is 0. The zero-order valence-corrected chi connectivity index (χ0v) is 14.8. The molecule has 0 aliphatic carbocycles. The number of ether oxygens (including phenoxy) is 2. The molecule has 3 N–H and O–H groups in total. The van der Waals surface area contributed by atoms with Gasteiger partial charge in [-0.05, 0) is 17.7 Å². The van der Waals surface area contributed by atoms with Gasteiger partial charge in [0.15, 0.2) is 11.3 Å². The standard InChI is InChI=1S/C18H16N2O6S/c21-17(22)25-10-14(26-18(23)24)15(11-6-2-1-3-7-11)27-16-19-12-8-4-5-9-13(12)20-16/h1-9,14-15H,10H2,(H,19,20)(H,21,22)(H,23,24). The Bertz CT molecular complexity index is 897. The van der Waals surface area contributed by atoms with E-state index in [2.05, 4.69) is 14.7 Å². The van der Waals surface area contributed by atoms with Gasteiger partial charge in [0.25, 0.3) is 0 Å². The molecular weight excluding hydrogens is 372 g/mol. The van der Waals surface area contributed by atoms with Gasteiger partial charge in [-0.3, -0.25) is 0 Å². The van der Waals surface area contributed by atoms with Gasteiger partial charge in [0.05, 0.1) is 16.3 Å². The number of benzene rings is 2. The third-order valence-corrected chi connectivity index (χ3v) is 4.94. The summed E-state index contributed by atoms with van der Waals surface area (Å²) in [6.07, 6.45) is -4.08. The van der Waals surface area contributed by atoms with Crippen LogP contribution in [0.4, 0.5) is 9.59 Å². The van der Waals surface area contributed by atoms with E-state index in [4.69, 9.17) is 14.9 Å². The predicted molar refractivity (Wildman–Crippen MR) is 98.0 cm³/mol. The van der Waals surface area contributed by atoms with Crippen molar-refractivity contribution in [2.45, 2.75) is 16.5 Å². The first-order chi connectivity index (χ1) is 13.0. The fraction of sp³-hybridized carbons (Fsp3) is 0.167. The average molecular weight is 388 g/mol. The topological polar surface area (TPSA) is 122 Å². The number of aromatic nitrogens is 2. The maximum Gasteiger partial charge on any atom is 0.506 e. The molecule has 0 radical (unpaired) electrons. The molecule has 0 amide bonds. The van der Waals surface area contributed by atoms with E-state index in [1.54, 1.807) is 24.3 Å². The summed E-state index contributed by atoms with van der Waals surface area (Å²) >= 11 is 1.24. The van der Waals surface area contributed by atoms with Crippen LogP contribution < -0.4 is 0 Å². The predicted octanol–water partition coefficient (Wildman–Crippen LogP) is 4.15. The summed E-state index contributed by atoms with van der Waals surface area (Å²) in [5.41, 5.74) is 2.36. The van der Waals surface area contributed by atoms with Crippen LogP contribution in [0.2, 0.25) is 0 Å². The molecule has 2 unspecified atom stereocenters. The molecule has 2 aromatic carbocycles. The number of imidazole rings is 1. The molecule has 2 atom stereocenters. The first-order valence-corrected chi connectivity index (χ1v) is 8.82. The Morgan fingerprint density at radius 3 is 2.41 bits per heavy atom. The van der Waals surface area contributed by atoms with E-state index in [1.807, 2.05) is 30.3 Å². The first-order valence-electron chi connectivity index (χ1n) is 7.94. The summed E-state index contributed by atoms with van der Waals surface area (Å²) in [4.78, 5) is 29.5. The maximum atomic E-state index is 11.1. The van der Waals surface area contributed by atoms with Gasteiger partial charge >= 0.3 is 12.3 Å². The minimum atomic E-state index is -1.51. The SMILES string of the molecule is O=C(O)OCC(OC(=O)O)C(Sc1nc2ccccc2[nH]1)c1ccccc1. The molecule has 0 spiro atoms. The Morgan fingerprint density at radius 1 is 1.04 bits per heavy atom. The smallest absolute Gasteiger partial charge is 0.450 e. The van der Waals surface area contributed by atoms with Crippen LogP contribution in [0, 0.1) is 0 Å². The highest BCUT2D eigenvalue weighted by Gasteiger charge is 2.30. The molecule has 140 valence electrons. The lowest BCUT2D eigenvalue weighted by atomic mass is 10.1. The van der Waals surface area contributed by atoms with Crippen molar-refractivity contribution in [3.8, 4) is 0 Å². The van der Waals surface area contributed by atoms with Crippen molar-refractivity contribution in [1.29, 1.82) is 0 Å². The van der Waals surface area contributed by atoms with E-state index in [0.717, 1.165) is 16.6 Å². The molecule has 0 bridgehead atoms. The molecule has 0 aliphatic heterocycles. The molecular formula is C18H16N2O6S. The Hall–Kier alpha value is -3.20. The highest BCUT2D eigenvalue weighted by atomic mass is 32.2. The lowest BCUT2D eigenvalue weighted by Crippen LogP contribution is -2.29. The normalized spacial score (nSPS) is 13.0. The monoisotopic (exact) mass is 388 g/mol. The molecule has 8 nitrogen and oxygen atoms in total. The Morgan fingerprint density at radius 2 is 1.74 bits per heavy atom. The number of carbonyl (C=O) groups is 2. The molecule has 0 aliphatic rings. The Kier molecular flexibility index (Phi) is 5.82. The van der Waals surface area contributed by atoms with Gasteiger partial charge in [-0.25, -0.2) is 14.6 Å². The third-order valence-electron chi connectivity index (χ3n) is 3.70. The van der Waals surface area contributed by atoms with Crippen LogP contribution >= 0.6 is 11.8 Å². The van der Waals surface area contributed by atoms with Crippen molar-refractivity contribution in [3.63, 3.8) is 0 Å². The van der Waals surface area contributed by atoms with Crippen LogP contribution in [-0.2, 0) is 9.47 Å². The van der Waals surface area contributed by atoms with E-state index in [-0.39, 0.29) is 0 Å². The number of carboxylic acid groups (broad SMARTS) is 2. The number of hydrogen-bond acceptors (Lipinski definition) is 6. The molecule has 27 heavy (non-hydrogen) atoms. The highest BCUT2D eigenvalue weighted by molar-refractivity contribution is 7.99. The number of thioether (sulfide) groups is 1. The summed E-state index contributed by atoms with van der Waals surface area (Å²) in [5, 5.41) is 17.8. The summed E-state index contributed by atoms with van der Waals surface area (Å²) in [7, 11) is 0. The van der Waals surface area contributed by atoms with E-state index in [0.29, 0.717) is 5.16 Å². The highest BCUT2D eigenvalue weighted by Crippen LogP contribution is 2.38. The zero-order valence-electron chi connectivity index (χ0n) is 13.9. The third kappa shape index (κ3) is 4.91. The van der Waals surface area contributed by atoms with E-state index < -0.39 is 30.3 Å². The quantitative estimate of drug-likeness (QED) is 0.407. The fourth-order valence-corrected chi connectivity index (χ4v) is 3.71. The lowest BCUT2D eigenvalue weighted by molar-refractivity contribution is 0.00412. The zero-order chi connectivity index (χ0) is 19.2. The lowest BCUT2D eigenvalue weighted by Gasteiger charge is -2.24. The number of nitrogens with one attached hydrogen (secondary N) is 1. The van der Waals surface area contributed by atoms with Gasteiger partial charge in [-0.1, -0.05) is 54.2 Å². The second kappa shape index (κ2) is 8.45. The Balaban J connectivity index is 1.93. The molecule has 3 aromatic rings. The van der Waals surface area contributed by atoms with E-state index >= 15 is 0 Å². The van der Waals surface area contributed by atoms with Crippen molar-refractivity contribution in [2.24, 2.45) is 0 Å². The average Bonchev–Trinajstić information content (AvgIpc) is 3.06. The van der Waals surface area contributed by atoms with Crippen LogP contribution in [0.1, 0.15) is 10.8 Å². The van der Waals surface area contributed by atoms with Crippen molar-refractivity contribution >= 4 is 35.1 Å². The number of H-pyrrole nitrogens is 1. The molecule has 0 saturated heterocycles. The molecule has 3 rings (SSSR count). The Labute approximate surface area is 158 Å². The number of hydrogen-bond donors (Lipinski definition) is 3. The van der Waals surface area contributed by atoms with Crippen LogP contribution in [0.5, 0.6) is 0 Å². The largest absolute Gasteiger partial charge is 0.506 e. The number of para-hydroxylation sites is 2. The van der Waals surface area contributed by atoms with Gasteiger partial charge in [0.1, 0.15) is 6.61 Å². The summed E-state index contributed by atoms with van der Waals surface area (Å²) in [6.45, 7) is -0.436. The van der Waals surface area contributed by atoms with Crippen LogP contribution in [0.3, 0.4) is 0 Å². The minimum Gasteiger partial charge on any atom is -0.450 e. The van der Waals surface area contributed by atoms with E-state index in [9.17, 15) is 9.59 Å². The van der Waals surface area contributed by atoms with Gasteiger partial charge in [-0.15, -0.1) is 0 Å². The molecule has 0 fully saturated rings. The molecule has 0 saturated carbocycles. The second-order valence-electron chi connectivity index (χ2n) is 5.51. The molecule has 9 heteroatoms. The van der Waals surface area contributed by atoms with E-state index in [1.165, 1.54) is 11.8 Å². The first kappa shape index (κ1) is 18.6. The number of nitrogens with zero attached hydrogens (tertiary/aromatic N) is 1. The van der Waals surface area contributed by atoms with Crippen LogP contribution in [-0.4, -0.2) is 45.2 Å². The molecule has 1 heterocycles. The van der Waals surface area contributed by atoms with Crippen molar-refractivity contribution in [2.75, 3.05) is 6.61 Å². The number of rotatable bonds is 7. The fourth-order valence-electron chi connectivity index (χ4n) is 2.57. The van der Waals surface area contributed by atoms with Gasteiger partial charge in [0, 0.05) is 0 Å². The van der Waals surface area contributed by atoms with Gasteiger partial charge in [0.2, 0.25) is 0 Å². The van der Waals surface area contributed by atoms with Gasteiger partial charge in [-0.2, -0.15) is 0 Å². The van der Waals surface area contributed by atoms with Crippen molar-refractivity contribution in [1.82, 2.24) is 9.97 Å². The summed E-state index contributed by atoms with van der Waals surface area (Å²) in [6, 6.07) is 16.5.